The third kappa shape index (κ3) is 6.27. The van der Waals surface area contributed by atoms with E-state index in [1.807, 2.05) is 0 Å². The monoisotopic (exact) mass is 256 g/mol. The fourth-order valence-corrected chi connectivity index (χ4v) is 6.05. The van der Waals surface area contributed by atoms with E-state index in [0.717, 1.165) is 0 Å². The van der Waals surface area contributed by atoms with Gasteiger partial charge in [-0.1, -0.05) is 0 Å². The molecule has 1 aromatic rings. The Morgan fingerprint density at radius 3 is 1.92 bits per heavy atom. The van der Waals surface area contributed by atoms with Gasteiger partial charge in [-0.3, -0.25) is 0 Å². The van der Waals surface area contributed by atoms with Gasteiger partial charge in [-0.25, -0.2) is 0 Å². The Bertz CT molecular complexity index is 192. The van der Waals surface area contributed by atoms with E-state index >= 15 is 0 Å². The summed E-state index contributed by atoms with van der Waals surface area (Å²) < 4.78 is 1.63. The molecule has 0 heterocycles. The molecule has 0 bridgehead atoms. The summed E-state index contributed by atoms with van der Waals surface area (Å²) >= 11 is 0.279. The second-order valence-corrected chi connectivity index (χ2v) is 12.9. The van der Waals surface area contributed by atoms with Crippen molar-refractivity contribution in [2.45, 2.75) is 13.1 Å². The predicted molar refractivity (Wildman–Crippen MR) is 59.4 cm³/mol. The number of benzene rings is 1. The topological polar surface area (TPSA) is 0 Å². The van der Waals surface area contributed by atoms with Gasteiger partial charge < -0.3 is 0 Å². The minimum Gasteiger partial charge on any atom is -0.147 e. The molecule has 0 saturated heterocycles. The summed E-state index contributed by atoms with van der Waals surface area (Å²) in [6.07, 6.45) is 0. The van der Waals surface area contributed by atoms with Crippen LogP contribution in [0.5, 0.6) is 0 Å². The second-order valence-electron chi connectivity index (χ2n) is 2.67. The molecule has 12 heavy (non-hydrogen) atoms. The molecule has 68 valence electrons. The van der Waals surface area contributed by atoms with E-state index in [0.29, 0.717) is 0 Å². The maximum absolute atomic E-state index is 2.44. The fraction of sp³-hybridized carbons (Fsp3) is 0.250. The summed E-state index contributed by atoms with van der Waals surface area (Å²) in [7, 11) is 0. The van der Waals surface area contributed by atoms with Crippen LogP contribution in [0.25, 0.3) is 0 Å². The molecule has 0 radical (unpaired) electrons. The molecule has 0 N–H and O–H groups in total. The molecular weight excluding hydrogens is 243 g/mol. The maximum atomic E-state index is 2.44. The van der Waals surface area contributed by atoms with Crippen LogP contribution in [0.4, 0.5) is 0 Å². The fourth-order valence-electron chi connectivity index (χ4n) is 0.868. The molecule has 0 aromatic heterocycles. The zero-order chi connectivity index (χ0) is 7.40. The van der Waals surface area contributed by atoms with E-state index in [1.54, 1.807) is 3.87 Å². The van der Waals surface area contributed by atoms with E-state index in [1.165, 1.54) is 0 Å². The third-order valence-corrected chi connectivity index (χ3v) is 6.93. The summed E-state index contributed by atoms with van der Waals surface area (Å²) in [5.41, 5.74) is 0. The maximum Gasteiger partial charge on any atom is -0.147 e. The molecule has 0 unspecified atom stereocenters. The standard InChI is InChI=1S/C6H5.C2H7Si.2ClH.Ti/c1-2-4-6-5-3-1;1-3-2;;;/h1-5H;3H,1-2H3;2*1H;. The Hall–Kier alpha value is 0.731. The van der Waals surface area contributed by atoms with Gasteiger partial charge in [0, 0.05) is 0 Å². The van der Waals surface area contributed by atoms with Crippen LogP contribution in [0.1, 0.15) is 0 Å². The van der Waals surface area contributed by atoms with Crippen LogP contribution < -0.4 is 3.87 Å². The average molecular weight is 257 g/mol. The molecule has 0 atom stereocenters. The Labute approximate surface area is 96.7 Å². The van der Waals surface area contributed by atoms with Crippen LogP contribution in [-0.4, -0.2) is 6.66 Å². The summed E-state index contributed by atoms with van der Waals surface area (Å²) in [5.74, 6) is 0. The zero-order valence-electron chi connectivity index (χ0n) is 7.28. The number of halogens is 2. The Morgan fingerprint density at radius 2 is 1.50 bits per heavy atom. The molecule has 1 aromatic carbocycles. The second kappa shape index (κ2) is 8.33. The van der Waals surface area contributed by atoms with Crippen molar-refractivity contribution in [1.29, 1.82) is 0 Å². The Morgan fingerprint density at radius 1 is 1.00 bits per heavy atom. The van der Waals surface area contributed by atoms with Crippen LogP contribution in [0.2, 0.25) is 13.1 Å². The first kappa shape index (κ1) is 15.2. The average Bonchev–Trinajstić information content (AvgIpc) is 1.88. The van der Waals surface area contributed by atoms with Crippen molar-refractivity contribution in [1.82, 2.24) is 0 Å². The number of rotatable bonds is 2. The Kier molecular flexibility index (Phi) is 10.6. The molecule has 0 nitrogen and oxygen atoms in total. The van der Waals surface area contributed by atoms with Gasteiger partial charge in [0.15, 0.2) is 0 Å². The van der Waals surface area contributed by atoms with Gasteiger partial charge in [0.1, 0.15) is 0 Å². The zero-order valence-corrected chi connectivity index (χ0v) is 11.6. The summed E-state index contributed by atoms with van der Waals surface area (Å²) in [6, 6.07) is 10.9. The third-order valence-electron chi connectivity index (χ3n) is 1.23. The van der Waals surface area contributed by atoms with E-state index in [4.69, 9.17) is 0 Å². The van der Waals surface area contributed by atoms with E-state index in [9.17, 15) is 0 Å². The molecule has 0 saturated carbocycles. The molecule has 0 amide bonds. The smallest absolute Gasteiger partial charge is 0.147 e. The van der Waals surface area contributed by atoms with Gasteiger partial charge in [0.2, 0.25) is 0 Å². The Balaban J connectivity index is 0. The van der Waals surface area contributed by atoms with Crippen molar-refractivity contribution in [2.24, 2.45) is 0 Å². The van der Waals surface area contributed by atoms with Gasteiger partial charge in [-0.15, -0.1) is 24.8 Å². The van der Waals surface area contributed by atoms with E-state index in [-0.39, 0.29) is 49.9 Å². The van der Waals surface area contributed by atoms with Crippen LogP contribution in [-0.2, 0) is 18.4 Å². The molecule has 1 rings (SSSR count). The van der Waals surface area contributed by atoms with Crippen LogP contribution in [0.15, 0.2) is 30.3 Å². The summed E-state index contributed by atoms with van der Waals surface area (Å²) in [4.78, 5) is 0. The van der Waals surface area contributed by atoms with Gasteiger partial charge in [0.05, 0.1) is 0 Å². The van der Waals surface area contributed by atoms with Crippen molar-refractivity contribution in [3.8, 4) is 0 Å². The quantitative estimate of drug-likeness (QED) is 0.712. The van der Waals surface area contributed by atoms with E-state index in [2.05, 4.69) is 43.4 Å². The molecule has 0 fully saturated rings. The van der Waals surface area contributed by atoms with Crippen molar-refractivity contribution < 1.29 is 18.4 Å². The molecule has 0 aliphatic carbocycles. The van der Waals surface area contributed by atoms with Gasteiger partial charge in [-0.2, -0.15) is 0 Å². The number of hydrogen-bond donors (Lipinski definition) is 0. The molecular formula is C8H14Cl2SiTi. The minimum absolute atomic E-state index is 0. The minimum atomic E-state index is -0.272. The first-order valence-electron chi connectivity index (χ1n) is 3.60. The largest absolute Gasteiger partial charge is 0.147 e. The predicted octanol–water partition coefficient (Wildman–Crippen LogP) is 2.22. The van der Waals surface area contributed by atoms with E-state index < -0.39 is 0 Å². The van der Waals surface area contributed by atoms with Crippen LogP contribution >= 0.6 is 24.8 Å². The summed E-state index contributed by atoms with van der Waals surface area (Å²) in [6.45, 7) is 4.60. The molecule has 0 spiro atoms. The molecule has 0 aliphatic rings. The first-order chi connectivity index (χ1) is 4.79. The summed E-state index contributed by atoms with van der Waals surface area (Å²) in [5, 5.41) is 0. The number of hydrogen-bond acceptors (Lipinski definition) is 0. The van der Waals surface area contributed by atoms with Gasteiger partial charge in [0.25, 0.3) is 0 Å². The van der Waals surface area contributed by atoms with Crippen molar-refractivity contribution in [2.75, 3.05) is 0 Å². The van der Waals surface area contributed by atoms with Crippen LogP contribution in [0, 0.1) is 0 Å². The molecule has 0 aliphatic heterocycles. The van der Waals surface area contributed by atoms with Crippen molar-refractivity contribution in [3.05, 3.63) is 30.3 Å². The van der Waals surface area contributed by atoms with Gasteiger partial charge >= 0.3 is 72.4 Å². The van der Waals surface area contributed by atoms with Crippen molar-refractivity contribution in [3.63, 3.8) is 0 Å². The molecule has 4 heteroatoms. The first-order valence-corrected chi connectivity index (χ1v) is 9.98. The van der Waals surface area contributed by atoms with Crippen LogP contribution in [0.3, 0.4) is 0 Å². The van der Waals surface area contributed by atoms with Crippen molar-refractivity contribution >= 4 is 35.3 Å². The van der Waals surface area contributed by atoms with Gasteiger partial charge in [-0.05, 0) is 0 Å². The SMILES string of the molecule is C[SiH](C)[Ti][c]1ccccc1.Cl.Cl. The normalized spacial score (nSPS) is 8.25.